The predicted molar refractivity (Wildman–Crippen MR) is 75.4 cm³/mol. The second-order valence-electron chi connectivity index (χ2n) is 4.34. The van der Waals surface area contributed by atoms with Gasteiger partial charge in [-0.2, -0.15) is 5.26 Å². The number of nitriles is 1. The number of amides is 1. The molecule has 7 nitrogen and oxygen atoms in total. The predicted octanol–water partition coefficient (Wildman–Crippen LogP) is 0.518. The lowest BCUT2D eigenvalue weighted by atomic mass is 9.93. The van der Waals surface area contributed by atoms with Crippen LogP contribution in [0.15, 0.2) is 30.3 Å². The third kappa shape index (κ3) is 4.31. The molecular formula is C15H16N2O5. The second kappa shape index (κ2) is 8.42. The number of ether oxygens (including phenoxy) is 2. The highest BCUT2D eigenvalue weighted by Gasteiger charge is 2.37. The molecule has 116 valence electrons. The molecule has 0 spiro atoms. The van der Waals surface area contributed by atoms with Gasteiger partial charge in [0.15, 0.2) is 5.92 Å². The van der Waals surface area contributed by atoms with E-state index in [0.717, 1.165) is 14.2 Å². The summed E-state index contributed by atoms with van der Waals surface area (Å²) in [5.74, 6) is -4.67. The van der Waals surface area contributed by atoms with Crippen molar-refractivity contribution in [3.05, 3.63) is 35.9 Å². The van der Waals surface area contributed by atoms with E-state index in [0.29, 0.717) is 5.56 Å². The Morgan fingerprint density at radius 3 is 2.14 bits per heavy atom. The maximum Gasteiger partial charge on any atom is 0.321 e. The van der Waals surface area contributed by atoms with Crippen LogP contribution in [0.1, 0.15) is 10.4 Å². The van der Waals surface area contributed by atoms with Crippen LogP contribution in [0.4, 0.5) is 0 Å². The molecule has 0 aliphatic rings. The number of nitrogens with zero attached hydrogens (tertiary/aromatic N) is 1. The van der Waals surface area contributed by atoms with Crippen LogP contribution in [0.2, 0.25) is 0 Å². The normalized spacial score (nSPS) is 11.2. The molecule has 1 aromatic carbocycles. The van der Waals surface area contributed by atoms with E-state index < -0.39 is 29.7 Å². The van der Waals surface area contributed by atoms with Gasteiger partial charge in [-0.05, 0) is 12.1 Å². The Kier molecular flexibility index (Phi) is 6.57. The molecule has 0 aromatic heterocycles. The molecule has 7 heteroatoms. The first kappa shape index (κ1) is 17.2. The summed E-state index contributed by atoms with van der Waals surface area (Å²) in [7, 11) is 2.21. The number of rotatable bonds is 6. The van der Waals surface area contributed by atoms with Crippen LogP contribution in [0.3, 0.4) is 0 Å². The Morgan fingerprint density at radius 2 is 1.68 bits per heavy atom. The van der Waals surface area contributed by atoms with E-state index in [1.54, 1.807) is 30.3 Å². The maximum absolute atomic E-state index is 11.9. The first-order valence-electron chi connectivity index (χ1n) is 6.43. The third-order valence-corrected chi connectivity index (χ3v) is 3.00. The fourth-order valence-electron chi connectivity index (χ4n) is 1.81. The van der Waals surface area contributed by atoms with Gasteiger partial charge in [0.05, 0.1) is 26.2 Å². The summed E-state index contributed by atoms with van der Waals surface area (Å²) in [5, 5.41) is 11.7. The van der Waals surface area contributed by atoms with Crippen molar-refractivity contribution in [3.63, 3.8) is 0 Å². The molecule has 0 fully saturated rings. The summed E-state index contributed by atoms with van der Waals surface area (Å²) in [6, 6.07) is 10.2. The summed E-state index contributed by atoms with van der Waals surface area (Å²) >= 11 is 0. The number of nitrogens with one attached hydrogen (secondary N) is 1. The summed E-state index contributed by atoms with van der Waals surface area (Å²) in [4.78, 5) is 35.2. The van der Waals surface area contributed by atoms with Crippen molar-refractivity contribution in [3.8, 4) is 6.07 Å². The molecule has 0 bridgehead atoms. The zero-order valence-corrected chi connectivity index (χ0v) is 12.2. The highest BCUT2D eigenvalue weighted by Crippen LogP contribution is 2.15. The molecule has 0 saturated heterocycles. The Bertz CT molecular complexity index is 563. The van der Waals surface area contributed by atoms with Gasteiger partial charge in [0.2, 0.25) is 0 Å². The number of carbonyl (C=O) groups is 3. The van der Waals surface area contributed by atoms with E-state index in [4.69, 9.17) is 5.26 Å². The number of hydrogen-bond donors (Lipinski definition) is 1. The molecule has 0 heterocycles. The van der Waals surface area contributed by atoms with Crippen LogP contribution >= 0.6 is 0 Å². The first-order valence-corrected chi connectivity index (χ1v) is 6.43. The molecule has 1 amide bonds. The quantitative estimate of drug-likeness (QED) is 0.606. The first-order chi connectivity index (χ1) is 10.5. The molecule has 1 N–H and O–H groups in total. The SMILES string of the molecule is COC(=O)C(C(=O)OC)C(C#N)CNC(=O)c1ccccc1. The van der Waals surface area contributed by atoms with Crippen LogP contribution in [-0.2, 0) is 19.1 Å². The smallest absolute Gasteiger partial charge is 0.321 e. The lowest BCUT2D eigenvalue weighted by molar-refractivity contribution is -0.160. The molecule has 0 aliphatic heterocycles. The standard InChI is InChI=1S/C15H16N2O5/c1-21-14(19)12(15(20)22-2)11(8-16)9-17-13(18)10-6-4-3-5-7-10/h3-7,11-12H,9H2,1-2H3,(H,17,18). The highest BCUT2D eigenvalue weighted by molar-refractivity contribution is 5.96. The number of esters is 2. The van der Waals surface area contributed by atoms with Crippen LogP contribution in [-0.4, -0.2) is 38.6 Å². The van der Waals surface area contributed by atoms with E-state index in [1.165, 1.54) is 0 Å². The third-order valence-electron chi connectivity index (χ3n) is 3.00. The Balaban J connectivity index is 2.78. The van der Waals surface area contributed by atoms with Crippen molar-refractivity contribution < 1.29 is 23.9 Å². The van der Waals surface area contributed by atoms with Crippen molar-refractivity contribution in [2.75, 3.05) is 20.8 Å². The fraction of sp³-hybridized carbons (Fsp3) is 0.333. The second-order valence-corrected chi connectivity index (χ2v) is 4.34. The van der Waals surface area contributed by atoms with Crippen LogP contribution in [0, 0.1) is 23.2 Å². The lowest BCUT2D eigenvalue weighted by Gasteiger charge is -2.18. The molecule has 1 rings (SSSR count). The number of benzene rings is 1. The molecule has 0 aliphatic carbocycles. The van der Waals surface area contributed by atoms with Gasteiger partial charge in [-0.1, -0.05) is 18.2 Å². The molecule has 22 heavy (non-hydrogen) atoms. The molecule has 1 aromatic rings. The fourth-order valence-corrected chi connectivity index (χ4v) is 1.81. The van der Waals surface area contributed by atoms with E-state index in [9.17, 15) is 14.4 Å². The van der Waals surface area contributed by atoms with Crippen molar-refractivity contribution in [2.45, 2.75) is 0 Å². The van der Waals surface area contributed by atoms with Crippen molar-refractivity contribution >= 4 is 17.8 Å². The zero-order valence-electron chi connectivity index (χ0n) is 12.2. The minimum Gasteiger partial charge on any atom is -0.468 e. The Hall–Kier alpha value is -2.88. The largest absolute Gasteiger partial charge is 0.468 e. The number of carbonyl (C=O) groups excluding carboxylic acids is 3. The summed E-state index contributed by atoms with van der Waals surface area (Å²) in [6.45, 7) is -0.181. The molecule has 1 atom stereocenters. The van der Waals surface area contributed by atoms with E-state index in [1.807, 2.05) is 6.07 Å². The summed E-state index contributed by atoms with van der Waals surface area (Å²) in [5.41, 5.74) is 0.409. The topological polar surface area (TPSA) is 105 Å². The average Bonchev–Trinajstić information content (AvgIpc) is 2.57. The average molecular weight is 304 g/mol. The van der Waals surface area contributed by atoms with Gasteiger partial charge < -0.3 is 14.8 Å². The van der Waals surface area contributed by atoms with Crippen molar-refractivity contribution in [1.82, 2.24) is 5.32 Å². The lowest BCUT2D eigenvalue weighted by Crippen LogP contribution is -2.39. The van der Waals surface area contributed by atoms with Gasteiger partial charge >= 0.3 is 11.9 Å². The Morgan fingerprint density at radius 1 is 1.14 bits per heavy atom. The van der Waals surface area contributed by atoms with Gasteiger partial charge in [0.1, 0.15) is 0 Å². The van der Waals surface area contributed by atoms with Crippen LogP contribution < -0.4 is 5.32 Å². The van der Waals surface area contributed by atoms with Gasteiger partial charge in [-0.3, -0.25) is 14.4 Å². The van der Waals surface area contributed by atoms with Gasteiger partial charge in [0, 0.05) is 12.1 Å². The minimum absolute atomic E-state index is 0.181. The van der Waals surface area contributed by atoms with Crippen LogP contribution in [0.25, 0.3) is 0 Å². The monoisotopic (exact) mass is 304 g/mol. The number of hydrogen-bond acceptors (Lipinski definition) is 6. The summed E-state index contributed by atoms with van der Waals surface area (Å²) < 4.78 is 9.01. The minimum atomic E-state index is -1.41. The maximum atomic E-state index is 11.9. The van der Waals surface area contributed by atoms with E-state index in [-0.39, 0.29) is 6.54 Å². The van der Waals surface area contributed by atoms with E-state index in [2.05, 4.69) is 14.8 Å². The van der Waals surface area contributed by atoms with Crippen molar-refractivity contribution in [1.29, 1.82) is 5.26 Å². The highest BCUT2D eigenvalue weighted by atomic mass is 16.5. The van der Waals surface area contributed by atoms with E-state index >= 15 is 0 Å². The van der Waals surface area contributed by atoms with Crippen molar-refractivity contribution in [2.24, 2.45) is 11.8 Å². The van der Waals surface area contributed by atoms with Gasteiger partial charge in [-0.25, -0.2) is 0 Å². The molecular weight excluding hydrogens is 288 g/mol. The zero-order chi connectivity index (χ0) is 16.5. The van der Waals surface area contributed by atoms with Gasteiger partial charge in [0.25, 0.3) is 5.91 Å². The number of methoxy groups -OCH3 is 2. The molecule has 0 radical (unpaired) electrons. The Labute approximate surface area is 127 Å². The van der Waals surface area contributed by atoms with Crippen LogP contribution in [0.5, 0.6) is 0 Å². The molecule has 0 saturated carbocycles. The summed E-state index contributed by atoms with van der Waals surface area (Å²) in [6.07, 6.45) is 0. The van der Waals surface area contributed by atoms with Gasteiger partial charge in [-0.15, -0.1) is 0 Å². The molecule has 1 unspecified atom stereocenters.